The second-order valence-electron chi connectivity index (χ2n) is 14.9. The van der Waals surface area contributed by atoms with E-state index in [-0.39, 0.29) is 30.3 Å². The number of amides is 2. The highest BCUT2D eigenvalue weighted by atomic mass is 19.3. The van der Waals surface area contributed by atoms with Gasteiger partial charge < -0.3 is 29.2 Å². The zero-order valence-electron chi connectivity index (χ0n) is 27.3. The Balaban J connectivity index is 1.41. The fourth-order valence-corrected chi connectivity index (χ4v) is 7.94. The lowest BCUT2D eigenvalue weighted by atomic mass is 9.83. The Morgan fingerprint density at radius 1 is 1.15 bits per heavy atom. The van der Waals surface area contributed by atoms with Crippen molar-refractivity contribution >= 4 is 29.3 Å². The molecule has 1 saturated heterocycles. The molecule has 2 amide bonds. The summed E-state index contributed by atoms with van der Waals surface area (Å²) in [6.07, 6.45) is 1.81. The van der Waals surface area contributed by atoms with Gasteiger partial charge in [-0.25, -0.2) is 14.8 Å². The van der Waals surface area contributed by atoms with Gasteiger partial charge in [-0.1, -0.05) is 34.1 Å². The van der Waals surface area contributed by atoms with Gasteiger partial charge in [0.2, 0.25) is 11.8 Å². The first-order valence-electron chi connectivity index (χ1n) is 16.3. The third-order valence-electron chi connectivity index (χ3n) is 10.6. The number of aldehydes is 1. The van der Waals surface area contributed by atoms with E-state index in [0.717, 1.165) is 6.42 Å². The average molecular weight is 643 g/mol. The molecule has 1 aromatic heterocycles. The Morgan fingerprint density at radius 3 is 2.61 bits per heavy atom. The molecule has 0 spiro atoms. The van der Waals surface area contributed by atoms with Crippen molar-refractivity contribution in [3.05, 3.63) is 23.9 Å². The Kier molecular flexibility index (Phi) is 8.16. The molecule has 6 rings (SSSR count). The van der Waals surface area contributed by atoms with Crippen LogP contribution in [0.15, 0.2) is 18.2 Å². The normalized spacial score (nSPS) is 34.6. The van der Waals surface area contributed by atoms with Gasteiger partial charge in [-0.15, -0.1) is 0 Å². The number of hydrogen-bond donors (Lipinski definition) is 1. The van der Waals surface area contributed by atoms with Crippen LogP contribution in [-0.4, -0.2) is 70.6 Å². The Hall–Kier alpha value is -3.57. The van der Waals surface area contributed by atoms with Gasteiger partial charge in [-0.05, 0) is 62.0 Å². The number of halogens is 2. The zero-order chi connectivity index (χ0) is 33.2. The largest absolute Gasteiger partial charge is 0.497 e. The number of benzene rings is 1. The van der Waals surface area contributed by atoms with Crippen molar-refractivity contribution in [2.45, 2.75) is 103 Å². The van der Waals surface area contributed by atoms with E-state index in [2.05, 4.69) is 15.3 Å². The zero-order valence-corrected chi connectivity index (χ0v) is 27.3. The lowest BCUT2D eigenvalue weighted by molar-refractivity contribution is -0.139. The number of alkyl halides is 2. The number of fused-ring (bicyclic) bond motifs is 7. The molecule has 4 aliphatic rings. The van der Waals surface area contributed by atoms with Crippen LogP contribution in [0.5, 0.6) is 11.6 Å². The fourth-order valence-electron chi connectivity index (χ4n) is 7.94. The van der Waals surface area contributed by atoms with Crippen molar-refractivity contribution < 1.29 is 37.4 Å². The standard InChI is InChI=1S/C34H44F2N4O6/c1-18-25(17-41)40-16-26(18)45-29-27(37-23-11-10-20(44-6)14-24(23)38-29)34(35,36)12-8-7-9-22-21-13-19(21)15-33(22,5)46-31(43)39-28(30(40)42)32(2,3)4/h10-11,14,17-19,21-22,25-26,28H,7-9,12-13,15-16H2,1-6H3,(H,39,43)/t18-,19?,21?,22+,25+,26-,28+,33+/m0/s1. The van der Waals surface area contributed by atoms with E-state index in [9.17, 15) is 14.4 Å². The van der Waals surface area contributed by atoms with Crippen LogP contribution >= 0.6 is 0 Å². The molecule has 8 atom stereocenters. The quantitative estimate of drug-likeness (QED) is 0.418. The molecule has 2 bridgehead atoms. The third-order valence-corrected chi connectivity index (χ3v) is 10.6. The van der Waals surface area contributed by atoms with Gasteiger partial charge in [-0.3, -0.25) is 4.79 Å². The molecule has 0 radical (unpaired) electrons. The molecule has 10 nitrogen and oxygen atoms in total. The van der Waals surface area contributed by atoms with Crippen LogP contribution in [0.1, 0.15) is 78.8 Å². The summed E-state index contributed by atoms with van der Waals surface area (Å²) in [6, 6.07) is 2.89. The van der Waals surface area contributed by atoms with E-state index in [1.165, 1.54) is 12.0 Å². The first-order valence-corrected chi connectivity index (χ1v) is 16.3. The molecule has 2 aromatic rings. The van der Waals surface area contributed by atoms with Crippen LogP contribution in [0.25, 0.3) is 11.0 Å². The number of carbonyl (C=O) groups excluding carboxylic acids is 3. The minimum atomic E-state index is -3.36. The topological polar surface area (TPSA) is 120 Å². The van der Waals surface area contributed by atoms with Crippen LogP contribution in [-0.2, 0) is 20.2 Å². The number of carbonyl (C=O) groups is 3. The van der Waals surface area contributed by atoms with Crippen LogP contribution in [0.3, 0.4) is 0 Å². The Morgan fingerprint density at radius 2 is 1.91 bits per heavy atom. The first kappa shape index (κ1) is 32.4. The predicted molar refractivity (Wildman–Crippen MR) is 165 cm³/mol. The molecule has 2 aliphatic carbocycles. The van der Waals surface area contributed by atoms with Gasteiger partial charge >= 0.3 is 6.09 Å². The van der Waals surface area contributed by atoms with Crippen LogP contribution in [0.4, 0.5) is 13.6 Å². The number of ether oxygens (including phenoxy) is 3. The maximum absolute atomic E-state index is 16.1. The molecule has 46 heavy (non-hydrogen) atoms. The molecule has 12 heteroatoms. The van der Waals surface area contributed by atoms with E-state index in [4.69, 9.17) is 14.2 Å². The predicted octanol–water partition coefficient (Wildman–Crippen LogP) is 5.65. The van der Waals surface area contributed by atoms with E-state index in [1.807, 2.05) is 27.7 Å². The molecule has 2 saturated carbocycles. The van der Waals surface area contributed by atoms with Gasteiger partial charge in [0.1, 0.15) is 29.8 Å². The second kappa shape index (κ2) is 11.6. The van der Waals surface area contributed by atoms with Crippen LogP contribution < -0.4 is 14.8 Å². The number of nitrogens with zero attached hydrogens (tertiary/aromatic N) is 3. The van der Waals surface area contributed by atoms with Crippen molar-refractivity contribution in [2.75, 3.05) is 13.7 Å². The average Bonchev–Trinajstić information content (AvgIpc) is 3.57. The second-order valence-corrected chi connectivity index (χ2v) is 14.9. The van der Waals surface area contributed by atoms with Crippen molar-refractivity contribution in [1.29, 1.82) is 0 Å². The molecule has 1 N–H and O–H groups in total. The summed E-state index contributed by atoms with van der Waals surface area (Å²) in [4.78, 5) is 50.2. The SMILES string of the molecule is COc1ccc2nc3c(nc2c1)O[C@H]1CN(C(=O)[C@H](C(C)(C)C)NC(=O)O[C@]2(C)CC4CC4[C@H]2CCCCC3(F)F)[C@H](C=O)[C@@H]1C. The van der Waals surface area contributed by atoms with Crippen molar-refractivity contribution in [3.63, 3.8) is 0 Å². The summed E-state index contributed by atoms with van der Waals surface area (Å²) >= 11 is 0. The van der Waals surface area contributed by atoms with Crippen molar-refractivity contribution in [2.24, 2.45) is 29.1 Å². The van der Waals surface area contributed by atoms with E-state index < -0.39 is 65.2 Å². The molecule has 1 aromatic carbocycles. The van der Waals surface area contributed by atoms with Crippen LogP contribution in [0.2, 0.25) is 0 Å². The van der Waals surface area contributed by atoms with Gasteiger partial charge in [-0.2, -0.15) is 8.78 Å². The Bertz CT molecular complexity index is 1530. The maximum atomic E-state index is 16.1. The number of hydrogen-bond acceptors (Lipinski definition) is 8. The highest BCUT2D eigenvalue weighted by molar-refractivity contribution is 5.89. The van der Waals surface area contributed by atoms with E-state index in [1.54, 1.807) is 25.1 Å². The number of nitrogens with one attached hydrogen (secondary N) is 1. The molecule has 3 heterocycles. The summed E-state index contributed by atoms with van der Waals surface area (Å²) in [6.45, 7) is 9.06. The molecular formula is C34H44F2N4O6. The number of rotatable bonds is 2. The fraction of sp³-hybridized carbons (Fsp3) is 0.676. The van der Waals surface area contributed by atoms with Crippen molar-refractivity contribution in [1.82, 2.24) is 20.2 Å². The van der Waals surface area contributed by atoms with Gasteiger partial charge in [0.05, 0.1) is 30.7 Å². The molecule has 2 aliphatic heterocycles. The lowest BCUT2D eigenvalue weighted by Gasteiger charge is -2.37. The summed E-state index contributed by atoms with van der Waals surface area (Å²) in [5.41, 5.74) is -1.47. The summed E-state index contributed by atoms with van der Waals surface area (Å²) in [5, 5.41) is 2.84. The summed E-state index contributed by atoms with van der Waals surface area (Å²) in [7, 11) is 1.50. The number of alkyl carbamates (subject to hydrolysis) is 1. The monoisotopic (exact) mass is 642 g/mol. The van der Waals surface area contributed by atoms with E-state index in [0.29, 0.717) is 48.7 Å². The van der Waals surface area contributed by atoms with E-state index >= 15 is 8.78 Å². The van der Waals surface area contributed by atoms with Gasteiger partial charge in [0.15, 0.2) is 5.69 Å². The highest BCUT2D eigenvalue weighted by Gasteiger charge is 2.61. The molecular weight excluding hydrogens is 598 g/mol. The summed E-state index contributed by atoms with van der Waals surface area (Å²) in [5.74, 6) is -3.38. The smallest absolute Gasteiger partial charge is 0.408 e. The first-order chi connectivity index (χ1) is 21.6. The highest BCUT2D eigenvalue weighted by Crippen LogP contribution is 2.62. The molecule has 2 unspecified atom stereocenters. The minimum Gasteiger partial charge on any atom is -0.497 e. The van der Waals surface area contributed by atoms with Crippen molar-refractivity contribution in [3.8, 4) is 11.6 Å². The van der Waals surface area contributed by atoms with Gasteiger partial charge in [0.25, 0.3) is 5.92 Å². The minimum absolute atomic E-state index is 0.0357. The lowest BCUT2D eigenvalue weighted by Crippen LogP contribution is -2.57. The maximum Gasteiger partial charge on any atom is 0.408 e. The molecule has 250 valence electrons. The summed E-state index contributed by atoms with van der Waals surface area (Å²) < 4.78 is 49.8. The Labute approximate surface area is 267 Å². The van der Waals surface area contributed by atoms with Crippen LogP contribution in [0, 0.1) is 29.1 Å². The number of methoxy groups -OCH3 is 1. The molecule has 3 fully saturated rings. The van der Waals surface area contributed by atoms with Gasteiger partial charge in [0, 0.05) is 24.3 Å². The third kappa shape index (κ3) is 5.88. The number of aromatic nitrogens is 2.